The summed E-state index contributed by atoms with van der Waals surface area (Å²) in [7, 11) is 0. The number of hydrazone groups is 1. The number of benzene rings is 4. The predicted molar refractivity (Wildman–Crippen MR) is 123 cm³/mol. The van der Waals surface area contributed by atoms with Crippen LogP contribution in [0.2, 0.25) is 0 Å². The quantitative estimate of drug-likeness (QED) is 0.424. The zero-order valence-electron chi connectivity index (χ0n) is 17.4. The van der Waals surface area contributed by atoms with E-state index in [0.29, 0.717) is 5.90 Å². The first kappa shape index (κ1) is 19.1. The molecular formula is C27H22N2O2. The van der Waals surface area contributed by atoms with E-state index in [0.717, 1.165) is 33.0 Å². The van der Waals surface area contributed by atoms with Crippen molar-refractivity contribution in [1.29, 1.82) is 0 Å². The van der Waals surface area contributed by atoms with Crippen LogP contribution in [-0.4, -0.2) is 16.8 Å². The van der Waals surface area contributed by atoms with Crippen LogP contribution in [0, 0.1) is 0 Å². The monoisotopic (exact) mass is 406 g/mol. The number of amides is 1. The van der Waals surface area contributed by atoms with Crippen molar-refractivity contribution < 1.29 is 9.53 Å². The Hall–Kier alpha value is -3.92. The third kappa shape index (κ3) is 3.36. The zero-order valence-corrected chi connectivity index (χ0v) is 17.4. The van der Waals surface area contributed by atoms with Gasteiger partial charge in [-0.1, -0.05) is 78.9 Å². The standard InChI is InChI=1S/C27H22N2O2/c1-19(30)29-27(2,25-17-16-21-10-6-7-11-24(21)18-25)31-26(28-29)23-14-12-22(13-15-23)20-8-4-3-5-9-20/h3-18H,1-2H3/t27-/m0/s1. The zero-order chi connectivity index (χ0) is 21.4. The Morgan fingerprint density at radius 3 is 2.10 bits per heavy atom. The van der Waals surface area contributed by atoms with Crippen molar-refractivity contribution in [2.45, 2.75) is 19.6 Å². The molecule has 0 aromatic heterocycles. The number of carbonyl (C=O) groups excluding carboxylic acids is 1. The SMILES string of the molecule is CC(=O)N1N=C(c2ccc(-c3ccccc3)cc2)O[C@@]1(C)c1ccc2ccccc2c1. The molecule has 5 rings (SSSR count). The highest BCUT2D eigenvalue weighted by molar-refractivity contribution is 5.97. The molecule has 0 unspecified atom stereocenters. The molecule has 1 amide bonds. The fourth-order valence-electron chi connectivity index (χ4n) is 4.02. The summed E-state index contributed by atoms with van der Waals surface area (Å²) < 4.78 is 6.34. The molecule has 0 spiro atoms. The summed E-state index contributed by atoms with van der Waals surface area (Å²) in [6, 6.07) is 32.5. The lowest BCUT2D eigenvalue weighted by molar-refractivity contribution is -0.146. The predicted octanol–water partition coefficient (Wildman–Crippen LogP) is 5.92. The molecule has 0 N–H and O–H groups in total. The van der Waals surface area contributed by atoms with E-state index in [4.69, 9.17) is 4.74 Å². The molecule has 0 aliphatic carbocycles. The molecule has 4 nitrogen and oxygen atoms in total. The third-order valence-corrected chi connectivity index (χ3v) is 5.71. The Kier molecular flexibility index (Phi) is 4.55. The van der Waals surface area contributed by atoms with Gasteiger partial charge in [0.05, 0.1) is 0 Å². The van der Waals surface area contributed by atoms with Crippen molar-refractivity contribution in [3.8, 4) is 11.1 Å². The van der Waals surface area contributed by atoms with Gasteiger partial charge < -0.3 is 4.74 Å². The highest BCUT2D eigenvalue weighted by Crippen LogP contribution is 2.38. The van der Waals surface area contributed by atoms with Gasteiger partial charge in [0.2, 0.25) is 17.5 Å². The van der Waals surface area contributed by atoms with Crippen molar-refractivity contribution >= 4 is 22.6 Å². The van der Waals surface area contributed by atoms with E-state index in [-0.39, 0.29) is 5.91 Å². The van der Waals surface area contributed by atoms with Crippen LogP contribution in [0.3, 0.4) is 0 Å². The van der Waals surface area contributed by atoms with E-state index in [2.05, 4.69) is 35.4 Å². The number of rotatable bonds is 3. The number of hydrogen-bond acceptors (Lipinski definition) is 3. The average Bonchev–Trinajstić information content (AvgIpc) is 3.18. The average molecular weight is 406 g/mol. The largest absolute Gasteiger partial charge is 0.443 e. The Bertz CT molecular complexity index is 1300. The summed E-state index contributed by atoms with van der Waals surface area (Å²) >= 11 is 0. The second kappa shape index (κ2) is 7.40. The van der Waals surface area contributed by atoms with Crippen LogP contribution in [0.4, 0.5) is 0 Å². The maximum absolute atomic E-state index is 12.5. The Morgan fingerprint density at radius 1 is 0.774 bits per heavy atom. The van der Waals surface area contributed by atoms with Gasteiger partial charge in [-0.3, -0.25) is 4.79 Å². The summed E-state index contributed by atoms with van der Waals surface area (Å²) in [5.41, 5.74) is 2.96. The molecular weight excluding hydrogens is 384 g/mol. The van der Waals surface area contributed by atoms with Gasteiger partial charge in [0.15, 0.2) is 0 Å². The molecule has 0 radical (unpaired) electrons. The molecule has 0 saturated carbocycles. The van der Waals surface area contributed by atoms with Gasteiger partial charge in [-0.15, -0.1) is 5.10 Å². The molecule has 152 valence electrons. The first-order valence-corrected chi connectivity index (χ1v) is 10.3. The lowest BCUT2D eigenvalue weighted by atomic mass is 9.99. The molecule has 4 heteroatoms. The molecule has 1 aliphatic heterocycles. The third-order valence-electron chi connectivity index (χ3n) is 5.71. The van der Waals surface area contributed by atoms with Crippen LogP contribution in [0.25, 0.3) is 21.9 Å². The van der Waals surface area contributed by atoms with E-state index in [1.165, 1.54) is 11.9 Å². The first-order chi connectivity index (χ1) is 15.0. The second-order valence-corrected chi connectivity index (χ2v) is 7.83. The van der Waals surface area contributed by atoms with Crippen LogP contribution < -0.4 is 0 Å². The summed E-state index contributed by atoms with van der Waals surface area (Å²) in [6.07, 6.45) is 0. The van der Waals surface area contributed by atoms with Crippen LogP contribution in [0.5, 0.6) is 0 Å². The number of nitrogens with zero attached hydrogens (tertiary/aromatic N) is 2. The van der Waals surface area contributed by atoms with Gasteiger partial charge in [-0.2, -0.15) is 5.01 Å². The molecule has 4 aromatic carbocycles. The second-order valence-electron chi connectivity index (χ2n) is 7.83. The van der Waals surface area contributed by atoms with Gasteiger partial charge in [-0.05, 0) is 40.1 Å². The molecule has 1 aliphatic rings. The highest BCUT2D eigenvalue weighted by atomic mass is 16.6. The van der Waals surface area contributed by atoms with Gasteiger partial charge in [0.1, 0.15) is 0 Å². The van der Waals surface area contributed by atoms with Gasteiger partial charge in [0, 0.05) is 25.0 Å². The Labute approximate surface area is 181 Å². The van der Waals surface area contributed by atoms with E-state index < -0.39 is 5.72 Å². The van der Waals surface area contributed by atoms with E-state index in [1.54, 1.807) is 0 Å². The Balaban J connectivity index is 1.50. The number of carbonyl (C=O) groups is 1. The van der Waals surface area contributed by atoms with Crippen molar-refractivity contribution in [1.82, 2.24) is 5.01 Å². The number of ether oxygens (including phenoxy) is 1. The summed E-state index contributed by atoms with van der Waals surface area (Å²) in [4.78, 5) is 12.5. The molecule has 0 saturated heterocycles. The van der Waals surface area contributed by atoms with Crippen LogP contribution in [-0.2, 0) is 15.3 Å². The highest BCUT2D eigenvalue weighted by Gasteiger charge is 2.45. The fraction of sp³-hybridized carbons (Fsp3) is 0.111. The maximum Gasteiger partial charge on any atom is 0.243 e. The minimum Gasteiger partial charge on any atom is -0.443 e. The van der Waals surface area contributed by atoms with Crippen molar-refractivity contribution in [2.75, 3.05) is 0 Å². The van der Waals surface area contributed by atoms with Crippen LogP contribution in [0.1, 0.15) is 25.0 Å². The smallest absolute Gasteiger partial charge is 0.243 e. The van der Waals surface area contributed by atoms with E-state index >= 15 is 0 Å². The Morgan fingerprint density at radius 2 is 1.39 bits per heavy atom. The van der Waals surface area contributed by atoms with Crippen LogP contribution >= 0.6 is 0 Å². The topological polar surface area (TPSA) is 41.9 Å². The lowest BCUT2D eigenvalue weighted by Gasteiger charge is -2.31. The van der Waals surface area contributed by atoms with Crippen molar-refractivity contribution in [3.63, 3.8) is 0 Å². The summed E-state index contributed by atoms with van der Waals surface area (Å²) in [5, 5.41) is 8.21. The summed E-state index contributed by atoms with van der Waals surface area (Å²) in [5.74, 6) is 0.261. The molecule has 31 heavy (non-hydrogen) atoms. The minimum atomic E-state index is -1.01. The molecule has 4 aromatic rings. The minimum absolute atomic E-state index is 0.174. The first-order valence-electron chi connectivity index (χ1n) is 10.3. The molecule has 1 heterocycles. The van der Waals surface area contributed by atoms with Crippen molar-refractivity contribution in [2.24, 2.45) is 5.10 Å². The number of fused-ring (bicyclic) bond motifs is 1. The molecule has 0 bridgehead atoms. The number of hydrogen-bond donors (Lipinski definition) is 0. The maximum atomic E-state index is 12.5. The van der Waals surface area contributed by atoms with Crippen LogP contribution in [0.15, 0.2) is 102 Å². The van der Waals surface area contributed by atoms with Gasteiger partial charge >= 0.3 is 0 Å². The van der Waals surface area contributed by atoms with Gasteiger partial charge in [0.25, 0.3) is 0 Å². The fourth-order valence-corrected chi connectivity index (χ4v) is 4.02. The van der Waals surface area contributed by atoms with Crippen molar-refractivity contribution in [3.05, 3.63) is 108 Å². The lowest BCUT2D eigenvalue weighted by Crippen LogP contribution is -2.41. The van der Waals surface area contributed by atoms with Gasteiger partial charge in [-0.25, -0.2) is 0 Å². The molecule has 0 fully saturated rings. The molecule has 1 atom stereocenters. The normalized spacial score (nSPS) is 18.0. The van der Waals surface area contributed by atoms with E-state index in [1.807, 2.05) is 73.7 Å². The van der Waals surface area contributed by atoms with E-state index in [9.17, 15) is 4.79 Å². The summed E-state index contributed by atoms with van der Waals surface area (Å²) in [6.45, 7) is 3.39.